The maximum atomic E-state index is 13.3. The van der Waals surface area contributed by atoms with Crippen LogP contribution >= 0.6 is 11.6 Å². The van der Waals surface area contributed by atoms with Crippen LogP contribution in [-0.4, -0.2) is 9.97 Å². The number of nitrogens with one attached hydrogen (secondary N) is 2. The minimum Gasteiger partial charge on any atom is -0.350 e. The summed E-state index contributed by atoms with van der Waals surface area (Å²) in [4.78, 5) is 8.53. The number of anilines is 3. The van der Waals surface area contributed by atoms with Crippen molar-refractivity contribution in [1.82, 2.24) is 9.97 Å². The number of alkyl halides is 3. The van der Waals surface area contributed by atoms with Gasteiger partial charge >= 0.3 is 6.18 Å². The van der Waals surface area contributed by atoms with Crippen molar-refractivity contribution in [3.63, 3.8) is 0 Å². The summed E-state index contributed by atoms with van der Waals surface area (Å²) >= 11 is 5.71. The highest BCUT2D eigenvalue weighted by atomic mass is 35.5. The molecule has 0 bridgehead atoms. The number of rotatable bonds is 5. The summed E-state index contributed by atoms with van der Waals surface area (Å²) in [5.41, 5.74) is 0.670. The maximum Gasteiger partial charge on any atom is 0.418 e. The van der Waals surface area contributed by atoms with E-state index < -0.39 is 11.7 Å². The summed E-state index contributed by atoms with van der Waals surface area (Å²) in [6.07, 6.45) is -4.54. The average molecular weight is 393 g/mol. The molecule has 2 N–H and O–H groups in total. The third-order valence-corrected chi connectivity index (χ3v) is 3.93. The third kappa shape index (κ3) is 5.10. The highest BCUT2D eigenvalue weighted by Gasteiger charge is 2.34. The fourth-order valence-corrected chi connectivity index (χ4v) is 2.66. The molecule has 0 saturated carbocycles. The second-order valence-corrected chi connectivity index (χ2v) is 6.31. The van der Waals surface area contributed by atoms with Crippen molar-refractivity contribution in [3.05, 3.63) is 76.4 Å². The molecule has 3 rings (SSSR count). The number of aryl methyl sites for hydroxylation is 1. The summed E-state index contributed by atoms with van der Waals surface area (Å²) in [5, 5.41) is 5.80. The first kappa shape index (κ1) is 19.0. The molecular weight excluding hydrogens is 377 g/mol. The van der Waals surface area contributed by atoms with Crippen LogP contribution in [0.3, 0.4) is 0 Å². The number of hydrogen-bond acceptors (Lipinski definition) is 4. The van der Waals surface area contributed by atoms with Gasteiger partial charge in [-0.3, -0.25) is 0 Å². The lowest BCUT2D eigenvalue weighted by Gasteiger charge is -2.15. The van der Waals surface area contributed by atoms with Crippen LogP contribution in [0.25, 0.3) is 0 Å². The van der Waals surface area contributed by atoms with Crippen LogP contribution in [-0.2, 0) is 12.7 Å². The van der Waals surface area contributed by atoms with Gasteiger partial charge in [-0.25, -0.2) is 4.98 Å². The smallest absolute Gasteiger partial charge is 0.350 e. The summed E-state index contributed by atoms with van der Waals surface area (Å²) in [5.74, 6) is 0.578. The predicted octanol–water partition coefficient (Wildman–Crippen LogP) is 5.81. The third-order valence-electron chi connectivity index (χ3n) is 3.70. The molecule has 0 unspecified atom stereocenters. The molecule has 0 amide bonds. The zero-order valence-electron chi connectivity index (χ0n) is 14.3. The zero-order chi connectivity index (χ0) is 19.4. The molecule has 0 spiro atoms. The van der Waals surface area contributed by atoms with Crippen LogP contribution in [0.5, 0.6) is 0 Å². The molecule has 4 nitrogen and oxygen atoms in total. The summed E-state index contributed by atoms with van der Waals surface area (Å²) < 4.78 is 39.8. The number of benzene rings is 2. The standard InChI is InChI=1S/C19H16ClF3N4/c1-12-9-17(26-16-8-7-14(20)10-15(16)19(21,22)23)27-18(25-12)24-11-13-5-3-2-4-6-13/h2-10H,11H2,1H3,(H2,24,25,26,27). The van der Waals surface area contributed by atoms with Gasteiger partial charge in [0.05, 0.1) is 11.3 Å². The summed E-state index contributed by atoms with van der Waals surface area (Å²) in [6.45, 7) is 2.24. The minimum atomic E-state index is -4.54. The topological polar surface area (TPSA) is 49.8 Å². The lowest BCUT2D eigenvalue weighted by atomic mass is 10.1. The van der Waals surface area contributed by atoms with Gasteiger partial charge in [0.25, 0.3) is 0 Å². The van der Waals surface area contributed by atoms with Crippen LogP contribution in [0.2, 0.25) is 5.02 Å². The quantitative estimate of drug-likeness (QED) is 0.575. The molecule has 0 fully saturated rings. The zero-order valence-corrected chi connectivity index (χ0v) is 15.1. The Morgan fingerprint density at radius 3 is 2.44 bits per heavy atom. The van der Waals surface area contributed by atoms with Crippen molar-refractivity contribution < 1.29 is 13.2 Å². The van der Waals surface area contributed by atoms with Gasteiger partial charge in [-0.2, -0.15) is 18.2 Å². The molecule has 1 heterocycles. The molecule has 27 heavy (non-hydrogen) atoms. The van der Waals surface area contributed by atoms with Crippen molar-refractivity contribution in [2.45, 2.75) is 19.6 Å². The van der Waals surface area contributed by atoms with E-state index in [2.05, 4.69) is 20.6 Å². The van der Waals surface area contributed by atoms with Crippen molar-refractivity contribution in [1.29, 1.82) is 0 Å². The van der Waals surface area contributed by atoms with Crippen molar-refractivity contribution >= 4 is 29.1 Å². The monoisotopic (exact) mass is 392 g/mol. The maximum absolute atomic E-state index is 13.3. The molecular formula is C19H16ClF3N4. The molecule has 3 aromatic rings. The number of halogens is 4. The van der Waals surface area contributed by atoms with Crippen LogP contribution in [0.4, 0.5) is 30.6 Å². The van der Waals surface area contributed by atoms with E-state index in [0.29, 0.717) is 18.2 Å². The Labute approximate surface area is 159 Å². The van der Waals surface area contributed by atoms with Gasteiger partial charge in [-0.1, -0.05) is 41.9 Å². The second kappa shape index (κ2) is 7.84. The van der Waals surface area contributed by atoms with Gasteiger partial charge in [0.15, 0.2) is 0 Å². The van der Waals surface area contributed by atoms with Crippen LogP contribution in [0.15, 0.2) is 54.6 Å². The Balaban J connectivity index is 1.83. The molecule has 0 aliphatic carbocycles. The average Bonchev–Trinajstić information content (AvgIpc) is 2.61. The van der Waals surface area contributed by atoms with Gasteiger partial charge in [-0.05, 0) is 30.7 Å². The Hall–Kier alpha value is -2.80. The fourth-order valence-electron chi connectivity index (χ4n) is 2.49. The Bertz CT molecular complexity index is 930. The lowest BCUT2D eigenvalue weighted by Crippen LogP contribution is -2.10. The van der Waals surface area contributed by atoms with E-state index in [1.807, 2.05) is 30.3 Å². The first-order valence-corrected chi connectivity index (χ1v) is 8.46. The Kier molecular flexibility index (Phi) is 5.51. The van der Waals surface area contributed by atoms with E-state index in [9.17, 15) is 13.2 Å². The van der Waals surface area contributed by atoms with Gasteiger partial charge in [0.1, 0.15) is 5.82 Å². The molecule has 2 aromatic carbocycles. The summed E-state index contributed by atoms with van der Waals surface area (Å²) in [6, 6.07) is 14.8. The molecule has 1 aromatic heterocycles. The van der Waals surface area contributed by atoms with Gasteiger partial charge in [0, 0.05) is 23.3 Å². The Morgan fingerprint density at radius 1 is 1.00 bits per heavy atom. The SMILES string of the molecule is Cc1cc(Nc2ccc(Cl)cc2C(F)(F)F)nc(NCc2ccccc2)n1. The molecule has 0 aliphatic rings. The molecule has 0 saturated heterocycles. The lowest BCUT2D eigenvalue weighted by molar-refractivity contribution is -0.136. The van der Waals surface area contributed by atoms with Crippen LogP contribution < -0.4 is 10.6 Å². The van der Waals surface area contributed by atoms with E-state index in [1.54, 1.807) is 13.0 Å². The number of hydrogen-bond donors (Lipinski definition) is 2. The van der Waals surface area contributed by atoms with E-state index in [-0.39, 0.29) is 16.5 Å². The highest BCUT2D eigenvalue weighted by molar-refractivity contribution is 6.30. The van der Waals surface area contributed by atoms with Crippen molar-refractivity contribution in [2.24, 2.45) is 0 Å². The van der Waals surface area contributed by atoms with Crippen LogP contribution in [0, 0.1) is 6.92 Å². The molecule has 8 heteroatoms. The fraction of sp³-hybridized carbons (Fsp3) is 0.158. The van der Waals surface area contributed by atoms with Crippen molar-refractivity contribution in [2.75, 3.05) is 10.6 Å². The van der Waals surface area contributed by atoms with Gasteiger partial charge < -0.3 is 10.6 Å². The molecule has 140 valence electrons. The van der Waals surface area contributed by atoms with E-state index in [0.717, 1.165) is 11.6 Å². The summed E-state index contributed by atoms with van der Waals surface area (Å²) in [7, 11) is 0. The van der Waals surface area contributed by atoms with E-state index in [1.165, 1.54) is 12.1 Å². The number of aromatic nitrogens is 2. The Morgan fingerprint density at radius 2 is 1.74 bits per heavy atom. The number of nitrogens with zero attached hydrogens (tertiary/aromatic N) is 2. The van der Waals surface area contributed by atoms with Crippen molar-refractivity contribution in [3.8, 4) is 0 Å². The van der Waals surface area contributed by atoms with E-state index >= 15 is 0 Å². The minimum absolute atomic E-state index is 0.0111. The first-order chi connectivity index (χ1) is 12.8. The molecule has 0 atom stereocenters. The van der Waals surface area contributed by atoms with Crippen LogP contribution in [0.1, 0.15) is 16.8 Å². The highest BCUT2D eigenvalue weighted by Crippen LogP contribution is 2.37. The van der Waals surface area contributed by atoms with E-state index in [4.69, 9.17) is 11.6 Å². The normalized spacial score (nSPS) is 11.3. The molecule has 0 aliphatic heterocycles. The predicted molar refractivity (Wildman–Crippen MR) is 100 cm³/mol. The van der Waals surface area contributed by atoms with Gasteiger partial charge in [0.2, 0.25) is 5.95 Å². The first-order valence-electron chi connectivity index (χ1n) is 8.08. The van der Waals surface area contributed by atoms with Gasteiger partial charge in [-0.15, -0.1) is 0 Å². The largest absolute Gasteiger partial charge is 0.418 e. The molecule has 0 radical (unpaired) electrons. The second-order valence-electron chi connectivity index (χ2n) is 5.87.